The van der Waals surface area contributed by atoms with E-state index in [0.717, 1.165) is 65.5 Å². The summed E-state index contributed by atoms with van der Waals surface area (Å²) in [5, 5.41) is 3.34. The summed E-state index contributed by atoms with van der Waals surface area (Å²) in [5.41, 5.74) is 1.49. The quantitative estimate of drug-likeness (QED) is 0.257. The van der Waals surface area contributed by atoms with Crippen molar-refractivity contribution in [3.63, 3.8) is 0 Å². The van der Waals surface area contributed by atoms with Gasteiger partial charge in [0.2, 0.25) is 0 Å². The lowest BCUT2D eigenvalue weighted by Crippen LogP contribution is -2.45. The van der Waals surface area contributed by atoms with Crippen LogP contribution in [-0.2, 0) is 10.0 Å². The summed E-state index contributed by atoms with van der Waals surface area (Å²) in [5.74, 6) is 1.20. The molecule has 1 aliphatic carbocycles. The maximum Gasteiger partial charge on any atom is 0.263 e. The van der Waals surface area contributed by atoms with Gasteiger partial charge in [-0.2, -0.15) is 0 Å². The topological polar surface area (TPSA) is 75.7 Å². The Morgan fingerprint density at radius 2 is 1.94 bits per heavy atom. The van der Waals surface area contributed by atoms with Crippen LogP contribution in [0.1, 0.15) is 54.4 Å². The van der Waals surface area contributed by atoms with Gasteiger partial charge in [-0.25, -0.2) is 13.4 Å². The Hall–Kier alpha value is -1.97. The van der Waals surface area contributed by atoms with E-state index in [4.69, 9.17) is 16.3 Å². The number of hydrogen-bond donors (Lipinski definition) is 1. The lowest BCUT2D eigenvalue weighted by Gasteiger charge is -2.24. The van der Waals surface area contributed by atoms with E-state index >= 15 is 0 Å². The number of Topliss-reactive ketones (excluding diaryl/α,β-unsaturated/α-hetero) is 1. The maximum absolute atomic E-state index is 13.2. The smallest absolute Gasteiger partial charge is 0.263 e. The Labute approximate surface area is 215 Å². The molecule has 1 N–H and O–H groups in total. The van der Waals surface area contributed by atoms with Crippen LogP contribution in [0.2, 0.25) is 5.02 Å². The highest BCUT2D eigenvalue weighted by Crippen LogP contribution is 2.36. The largest absolute Gasteiger partial charge is 0.494 e. The number of benzene rings is 2. The van der Waals surface area contributed by atoms with Crippen molar-refractivity contribution in [3.8, 4) is 5.75 Å². The van der Waals surface area contributed by atoms with Crippen LogP contribution in [0.25, 0.3) is 10.1 Å². The molecule has 186 valence electrons. The number of nitrogens with one attached hydrogen (secondary N) is 1. The number of nitrogens with zero attached hydrogens (tertiary/aromatic N) is 1. The number of ketones is 1. The first-order chi connectivity index (χ1) is 16.8. The van der Waals surface area contributed by atoms with Gasteiger partial charge in [0.1, 0.15) is 9.96 Å². The molecule has 1 unspecified atom stereocenters. The number of rotatable bonds is 10. The first-order valence-corrected chi connectivity index (χ1v) is 14.7. The molecule has 1 saturated heterocycles. The number of fused-ring (bicyclic) bond motifs is 1. The Kier molecular flexibility index (Phi) is 7.19. The van der Waals surface area contributed by atoms with Gasteiger partial charge < -0.3 is 4.74 Å². The Morgan fingerprint density at radius 1 is 1.17 bits per heavy atom. The molecule has 0 spiro atoms. The molecule has 2 heterocycles. The van der Waals surface area contributed by atoms with E-state index in [0.29, 0.717) is 22.4 Å². The van der Waals surface area contributed by atoms with Gasteiger partial charge in [0.25, 0.3) is 10.0 Å². The van der Waals surface area contributed by atoms with Crippen molar-refractivity contribution in [2.45, 2.75) is 55.7 Å². The standard InChI is InChI=1S/C26H29ClN2O4S2/c1-17-23-16-20(27)10-13-24(23)34-26(17)35(31,32)28-29-14-2-4-21(29)5-3-15-33-22-11-8-19(9-12-22)25(30)18-6-7-18/h8-13,16,18,21,28H,2-7,14-15H2,1H3. The van der Waals surface area contributed by atoms with Crippen molar-refractivity contribution < 1.29 is 17.9 Å². The number of carbonyl (C=O) groups is 1. The third-order valence-corrected chi connectivity index (χ3v) is 10.2. The molecule has 2 fully saturated rings. The van der Waals surface area contributed by atoms with Crippen molar-refractivity contribution in [2.24, 2.45) is 5.92 Å². The van der Waals surface area contributed by atoms with Crippen LogP contribution in [0.5, 0.6) is 5.75 Å². The number of thiophene rings is 1. The fourth-order valence-electron chi connectivity index (χ4n) is 4.68. The van der Waals surface area contributed by atoms with Crippen LogP contribution < -0.4 is 9.57 Å². The van der Waals surface area contributed by atoms with Gasteiger partial charge in [0, 0.05) is 33.8 Å². The molecular weight excluding hydrogens is 504 g/mol. The van der Waals surface area contributed by atoms with E-state index in [1.807, 2.05) is 48.3 Å². The Bertz CT molecular complexity index is 1330. The minimum atomic E-state index is -3.68. The molecular formula is C26H29ClN2O4S2. The maximum atomic E-state index is 13.2. The number of carbonyl (C=O) groups excluding carboxylic acids is 1. The van der Waals surface area contributed by atoms with Gasteiger partial charge in [0.05, 0.1) is 6.61 Å². The molecule has 2 aromatic carbocycles. The van der Waals surface area contributed by atoms with Gasteiger partial charge in [-0.1, -0.05) is 11.6 Å². The Morgan fingerprint density at radius 3 is 2.69 bits per heavy atom. The normalized spacial score (nSPS) is 18.9. The van der Waals surface area contributed by atoms with Gasteiger partial charge in [-0.3, -0.25) is 4.79 Å². The molecule has 35 heavy (non-hydrogen) atoms. The molecule has 6 nitrogen and oxygen atoms in total. The second-order valence-electron chi connectivity index (χ2n) is 9.39. The number of hydrazine groups is 1. The molecule has 9 heteroatoms. The third kappa shape index (κ3) is 5.57. The summed E-state index contributed by atoms with van der Waals surface area (Å²) in [6.07, 6.45) is 5.55. The third-order valence-electron chi connectivity index (χ3n) is 6.75. The molecule has 1 atom stereocenters. The summed E-state index contributed by atoms with van der Waals surface area (Å²) in [6.45, 7) is 3.07. The zero-order valence-electron chi connectivity index (χ0n) is 19.6. The monoisotopic (exact) mass is 532 g/mol. The minimum absolute atomic E-state index is 0.135. The first kappa shape index (κ1) is 24.7. The van der Waals surface area contributed by atoms with Crippen molar-refractivity contribution in [1.82, 2.24) is 9.84 Å². The highest BCUT2D eigenvalue weighted by molar-refractivity contribution is 7.91. The van der Waals surface area contributed by atoms with E-state index in [1.165, 1.54) is 11.3 Å². The SMILES string of the molecule is Cc1c(S(=O)(=O)NN2CCCC2CCCOc2ccc(C(=O)C3CC3)cc2)sc2ccc(Cl)cc12. The van der Waals surface area contributed by atoms with Crippen LogP contribution in [0.15, 0.2) is 46.7 Å². The van der Waals surface area contributed by atoms with E-state index in [-0.39, 0.29) is 17.7 Å². The summed E-state index contributed by atoms with van der Waals surface area (Å²) >= 11 is 7.38. The summed E-state index contributed by atoms with van der Waals surface area (Å²) in [7, 11) is -3.68. The lowest BCUT2D eigenvalue weighted by molar-refractivity contribution is 0.0967. The number of ether oxygens (including phenoxy) is 1. The van der Waals surface area contributed by atoms with Crippen molar-refractivity contribution in [3.05, 3.63) is 58.6 Å². The van der Waals surface area contributed by atoms with Crippen molar-refractivity contribution >= 4 is 48.8 Å². The highest BCUT2D eigenvalue weighted by Gasteiger charge is 2.31. The van der Waals surface area contributed by atoms with E-state index in [2.05, 4.69) is 4.83 Å². The van der Waals surface area contributed by atoms with Gasteiger partial charge in [0.15, 0.2) is 5.78 Å². The minimum Gasteiger partial charge on any atom is -0.494 e. The highest BCUT2D eigenvalue weighted by atomic mass is 35.5. The number of sulfonamides is 1. The Balaban J connectivity index is 1.15. The number of halogens is 1. The van der Waals surface area contributed by atoms with Gasteiger partial charge in [-0.05, 0) is 98.9 Å². The fraction of sp³-hybridized carbons (Fsp3) is 0.423. The van der Waals surface area contributed by atoms with Crippen molar-refractivity contribution in [2.75, 3.05) is 13.2 Å². The van der Waals surface area contributed by atoms with E-state index in [1.54, 1.807) is 6.07 Å². The molecule has 1 saturated carbocycles. The predicted octanol–water partition coefficient (Wildman–Crippen LogP) is 5.97. The fourth-order valence-corrected chi connectivity index (χ4v) is 7.74. The van der Waals surface area contributed by atoms with Crippen LogP contribution in [-0.4, -0.2) is 38.4 Å². The van der Waals surface area contributed by atoms with Gasteiger partial charge >= 0.3 is 0 Å². The summed E-state index contributed by atoms with van der Waals surface area (Å²) < 4.78 is 33.6. The molecule has 5 rings (SSSR count). The molecule has 2 aliphatic rings. The van der Waals surface area contributed by atoms with Crippen LogP contribution >= 0.6 is 22.9 Å². The molecule has 1 aliphatic heterocycles. The molecule has 0 bridgehead atoms. The zero-order valence-corrected chi connectivity index (χ0v) is 22.0. The number of hydrogen-bond acceptors (Lipinski definition) is 6. The van der Waals surface area contributed by atoms with Crippen molar-refractivity contribution in [1.29, 1.82) is 0 Å². The molecule has 1 aromatic heterocycles. The zero-order chi connectivity index (χ0) is 24.6. The summed E-state index contributed by atoms with van der Waals surface area (Å²) in [4.78, 5) is 15.0. The predicted molar refractivity (Wildman–Crippen MR) is 140 cm³/mol. The van der Waals surface area contributed by atoms with Crippen LogP contribution in [0.4, 0.5) is 0 Å². The summed E-state index contributed by atoms with van der Waals surface area (Å²) in [6, 6.07) is 13.0. The lowest BCUT2D eigenvalue weighted by atomic mass is 10.1. The average molecular weight is 533 g/mol. The first-order valence-electron chi connectivity index (χ1n) is 12.1. The molecule has 3 aromatic rings. The van der Waals surface area contributed by atoms with E-state index in [9.17, 15) is 13.2 Å². The molecule has 0 radical (unpaired) electrons. The molecule has 0 amide bonds. The van der Waals surface area contributed by atoms with E-state index < -0.39 is 10.0 Å². The van der Waals surface area contributed by atoms with Crippen LogP contribution in [0.3, 0.4) is 0 Å². The second-order valence-corrected chi connectivity index (χ2v) is 12.7. The van der Waals surface area contributed by atoms with Crippen LogP contribution in [0, 0.1) is 12.8 Å². The van der Waals surface area contributed by atoms with Gasteiger partial charge in [-0.15, -0.1) is 16.2 Å². The average Bonchev–Trinajstić information content (AvgIpc) is 3.52. The second kappa shape index (κ2) is 10.2. The number of aryl methyl sites for hydroxylation is 1.